The average molecular weight is 1200 g/mol. The highest BCUT2D eigenvalue weighted by Crippen LogP contribution is 2.60. The van der Waals surface area contributed by atoms with Crippen molar-refractivity contribution in [2.75, 3.05) is 9.80 Å². The van der Waals surface area contributed by atoms with Crippen molar-refractivity contribution in [1.82, 2.24) is 0 Å². The monoisotopic (exact) mass is 1200 g/mol. The summed E-state index contributed by atoms with van der Waals surface area (Å²) >= 11 is 0. The minimum Gasteiger partial charge on any atom is -0.310 e. The van der Waals surface area contributed by atoms with Crippen LogP contribution in [0.15, 0.2) is 340 Å². The van der Waals surface area contributed by atoms with Crippen molar-refractivity contribution in [3.63, 3.8) is 0 Å². The van der Waals surface area contributed by atoms with Gasteiger partial charge in [-0.3, -0.25) is 0 Å². The number of anilines is 6. The smallest absolute Gasteiger partial charge is 0.0714 e. The lowest BCUT2D eigenvalue weighted by molar-refractivity contribution is 0.768. The largest absolute Gasteiger partial charge is 0.310 e. The van der Waals surface area contributed by atoms with E-state index >= 15 is 0 Å². The third kappa shape index (κ3) is 8.93. The number of benzene rings is 15. The van der Waals surface area contributed by atoms with E-state index in [-0.39, 0.29) is 0 Å². The van der Waals surface area contributed by atoms with Gasteiger partial charge in [-0.25, -0.2) is 0 Å². The highest BCUT2D eigenvalue weighted by atomic mass is 15.1. The van der Waals surface area contributed by atoms with Gasteiger partial charge in [0.15, 0.2) is 0 Å². The minimum absolute atomic E-state index is 0.651. The molecule has 3 aliphatic carbocycles. The van der Waals surface area contributed by atoms with Crippen LogP contribution in [0.3, 0.4) is 0 Å². The van der Waals surface area contributed by atoms with Crippen molar-refractivity contribution in [1.29, 1.82) is 0 Å². The lowest BCUT2D eigenvalue weighted by Crippen LogP contribution is -2.29. The van der Waals surface area contributed by atoms with Crippen molar-refractivity contribution in [3.05, 3.63) is 406 Å². The molecule has 0 heterocycles. The molecule has 0 spiro atoms. The second-order valence-electron chi connectivity index (χ2n) is 25.4. The molecule has 0 radical (unpaired) electrons. The first kappa shape index (κ1) is 55.0. The zero-order chi connectivity index (χ0) is 62.2. The molecule has 3 aliphatic rings. The Morgan fingerprint density at radius 2 is 0.511 bits per heavy atom. The van der Waals surface area contributed by atoms with Crippen molar-refractivity contribution in [2.45, 2.75) is 23.7 Å². The van der Waals surface area contributed by atoms with Crippen LogP contribution >= 0.6 is 0 Å². The molecule has 18 rings (SSSR count). The topological polar surface area (TPSA) is 6.48 Å². The standard InChI is InChI=1S/C92H64N2/c1-5-29-73(30-6-1)91(74-31-7-2-8-32-74)87-55-63(39-51-83(87)85-53-49-81(61-89(85)91)93(77-45-41-65-21-13-17-25-69(65)57-77)78-46-42-66-22-14-18-26-70(66)58-78)37-38-64-40-52-84-86-54-50-82(62-90(86)92(88(84)56-64,75-33-9-3-10-34-75)76-35-11-4-12-36-76)94(79-47-43-67-23-15-19-27-71(67)59-79)80-48-44-68-24-16-20-28-72(68)60-80/h1-15,17-19,21-62H,16,20H2/b38-37+. The number of nitrogens with zero attached hydrogens (tertiary/aromatic N) is 2. The van der Waals surface area contributed by atoms with Crippen LogP contribution < -0.4 is 20.2 Å². The number of rotatable bonds is 12. The van der Waals surface area contributed by atoms with Gasteiger partial charge in [-0.15, -0.1) is 0 Å². The fourth-order valence-corrected chi connectivity index (χ4v) is 16.1. The first-order valence-electron chi connectivity index (χ1n) is 32.9. The molecule has 0 aromatic heterocycles. The van der Waals surface area contributed by atoms with Crippen LogP contribution in [0.4, 0.5) is 34.1 Å². The van der Waals surface area contributed by atoms with E-state index in [0.717, 1.165) is 58.1 Å². The summed E-state index contributed by atoms with van der Waals surface area (Å²) in [7, 11) is 0. The van der Waals surface area contributed by atoms with Crippen LogP contribution in [0.1, 0.15) is 68.5 Å². The van der Waals surface area contributed by atoms with E-state index in [1.807, 2.05) is 0 Å². The summed E-state index contributed by atoms with van der Waals surface area (Å²) in [5.41, 5.74) is 22.6. The van der Waals surface area contributed by atoms with Crippen LogP contribution in [0, 0.1) is 0 Å². The number of hydrogen-bond acceptors (Lipinski definition) is 2. The van der Waals surface area contributed by atoms with Gasteiger partial charge in [-0.05, 0) is 218 Å². The maximum Gasteiger partial charge on any atom is 0.0714 e. The van der Waals surface area contributed by atoms with Gasteiger partial charge in [0.25, 0.3) is 0 Å². The van der Waals surface area contributed by atoms with Crippen LogP contribution in [-0.2, 0) is 10.8 Å². The Labute approximate surface area is 548 Å². The molecule has 0 unspecified atom stereocenters. The fourth-order valence-electron chi connectivity index (χ4n) is 16.1. The molecule has 0 saturated heterocycles. The quantitative estimate of drug-likeness (QED) is 0.113. The summed E-state index contributed by atoms with van der Waals surface area (Å²) in [5.74, 6) is 0. The molecule has 442 valence electrons. The molecule has 0 aliphatic heterocycles. The van der Waals surface area contributed by atoms with E-state index in [2.05, 4.69) is 374 Å². The number of hydrogen-bond donors (Lipinski definition) is 0. The van der Waals surface area contributed by atoms with Crippen molar-refractivity contribution >= 4 is 90.7 Å². The molecule has 2 heteroatoms. The molecule has 0 bridgehead atoms. The summed E-state index contributed by atoms with van der Waals surface area (Å²) in [6.45, 7) is 0. The molecule has 0 N–H and O–H groups in total. The van der Waals surface area contributed by atoms with Crippen LogP contribution in [-0.4, -0.2) is 0 Å². The Morgan fingerprint density at radius 3 is 0.894 bits per heavy atom. The lowest BCUT2D eigenvalue weighted by atomic mass is 9.67. The third-order valence-corrected chi connectivity index (χ3v) is 20.3. The first-order chi connectivity index (χ1) is 46.6. The minimum atomic E-state index is -0.657. The summed E-state index contributed by atoms with van der Waals surface area (Å²) in [5, 5.41) is 9.86. The van der Waals surface area contributed by atoms with Gasteiger partial charge in [0, 0.05) is 34.1 Å². The van der Waals surface area contributed by atoms with Crippen LogP contribution in [0.25, 0.3) is 78.9 Å². The van der Waals surface area contributed by atoms with E-state index in [1.54, 1.807) is 0 Å². The maximum atomic E-state index is 2.50. The SMILES string of the molecule is C1=c2ccc(N(c3ccc4c(c3)C(c3ccccc3)(c3ccccc3)c3cc(/C=C/c5ccc6c(c5)C(c5ccccc5)(c5ccccc5)c5cc(N(c7ccc8ccccc8c7)c7ccc8ccccc8c7)ccc5-6)ccc3-4)c3ccc4ccccc4c3)cc2=CCC1. The molecular formula is C92H64N2. The highest BCUT2D eigenvalue weighted by Gasteiger charge is 2.48. The third-order valence-electron chi connectivity index (χ3n) is 20.3. The molecule has 15 aromatic rings. The van der Waals surface area contributed by atoms with Crippen molar-refractivity contribution in [3.8, 4) is 22.3 Å². The predicted molar refractivity (Wildman–Crippen MR) is 396 cm³/mol. The first-order valence-corrected chi connectivity index (χ1v) is 32.9. The summed E-state index contributed by atoms with van der Waals surface area (Å²) in [4.78, 5) is 4.92. The normalized spacial score (nSPS) is 13.7. The molecule has 0 saturated carbocycles. The Bertz CT molecular complexity index is 5470. The second kappa shape index (κ2) is 22.5. The van der Waals surface area contributed by atoms with Gasteiger partial charge >= 0.3 is 0 Å². The summed E-state index contributed by atoms with van der Waals surface area (Å²) in [6, 6.07) is 127. The summed E-state index contributed by atoms with van der Waals surface area (Å²) in [6.07, 6.45) is 11.6. The van der Waals surface area contributed by atoms with Crippen molar-refractivity contribution < 1.29 is 0 Å². The van der Waals surface area contributed by atoms with E-state index in [4.69, 9.17) is 0 Å². The second-order valence-corrected chi connectivity index (χ2v) is 25.4. The van der Waals surface area contributed by atoms with Crippen LogP contribution in [0.5, 0.6) is 0 Å². The van der Waals surface area contributed by atoms with E-state index < -0.39 is 10.8 Å². The van der Waals surface area contributed by atoms with Crippen LogP contribution in [0.2, 0.25) is 0 Å². The fraction of sp³-hybridized carbons (Fsp3) is 0.0435. The molecule has 94 heavy (non-hydrogen) atoms. The lowest BCUT2D eigenvalue weighted by Gasteiger charge is -2.35. The Hall–Kier alpha value is -11.8. The van der Waals surface area contributed by atoms with Gasteiger partial charge in [0.05, 0.1) is 10.8 Å². The predicted octanol–water partition coefficient (Wildman–Crippen LogP) is 22.3. The molecule has 0 atom stereocenters. The highest BCUT2D eigenvalue weighted by molar-refractivity contribution is 5.97. The van der Waals surface area contributed by atoms with Gasteiger partial charge in [-0.1, -0.05) is 279 Å². The van der Waals surface area contributed by atoms with Gasteiger partial charge in [0.1, 0.15) is 0 Å². The Morgan fingerprint density at radius 1 is 0.223 bits per heavy atom. The van der Waals surface area contributed by atoms with E-state index in [9.17, 15) is 0 Å². The van der Waals surface area contributed by atoms with Gasteiger partial charge < -0.3 is 9.80 Å². The maximum absolute atomic E-state index is 2.50. The number of fused-ring (bicyclic) bond motifs is 10. The summed E-state index contributed by atoms with van der Waals surface area (Å²) < 4.78 is 0. The molecular weight excluding hydrogens is 1130 g/mol. The van der Waals surface area contributed by atoms with E-state index in [1.165, 1.54) is 110 Å². The zero-order valence-corrected chi connectivity index (χ0v) is 51.9. The molecule has 0 amide bonds. The molecule has 15 aromatic carbocycles. The Balaban J connectivity index is 0.786. The average Bonchev–Trinajstić information content (AvgIpc) is 1.54. The Kier molecular flexibility index (Phi) is 13.2. The molecule has 0 fully saturated rings. The zero-order valence-electron chi connectivity index (χ0n) is 51.9. The van der Waals surface area contributed by atoms with E-state index in [0.29, 0.717) is 0 Å². The molecule has 2 nitrogen and oxygen atoms in total. The van der Waals surface area contributed by atoms with Gasteiger partial charge in [0.2, 0.25) is 0 Å². The van der Waals surface area contributed by atoms with Gasteiger partial charge in [-0.2, -0.15) is 0 Å². The van der Waals surface area contributed by atoms with Crippen molar-refractivity contribution in [2.24, 2.45) is 0 Å².